The van der Waals surface area contributed by atoms with Crippen LogP contribution in [0.2, 0.25) is 0 Å². The van der Waals surface area contributed by atoms with Crippen LogP contribution >= 0.6 is 11.8 Å². The second-order valence-corrected chi connectivity index (χ2v) is 6.81. The zero-order valence-electron chi connectivity index (χ0n) is 10.00. The van der Waals surface area contributed by atoms with Crippen molar-refractivity contribution in [2.75, 3.05) is 5.75 Å². The third-order valence-electron chi connectivity index (χ3n) is 3.84. The minimum atomic E-state index is -0.197. The van der Waals surface area contributed by atoms with E-state index in [1.54, 1.807) is 11.8 Å². The normalized spacial score (nSPS) is 39.6. The van der Waals surface area contributed by atoms with E-state index in [1.165, 1.54) is 12.8 Å². The van der Waals surface area contributed by atoms with Crippen LogP contribution in [0, 0.1) is 0 Å². The average Bonchev–Trinajstić information content (AvgIpc) is 2.70. The Morgan fingerprint density at radius 2 is 2.12 bits per heavy atom. The van der Waals surface area contributed by atoms with Gasteiger partial charge in [0.2, 0.25) is 5.91 Å². The smallest absolute Gasteiger partial charge is 0.236 e. The van der Waals surface area contributed by atoms with Gasteiger partial charge < -0.3 is 11.1 Å². The van der Waals surface area contributed by atoms with Gasteiger partial charge in [-0.2, -0.15) is 0 Å². The molecule has 0 spiro atoms. The maximum Gasteiger partial charge on any atom is 0.236 e. The molecule has 92 valence electrons. The van der Waals surface area contributed by atoms with Crippen LogP contribution in [0.25, 0.3) is 0 Å². The molecule has 0 aromatic heterocycles. The van der Waals surface area contributed by atoms with E-state index < -0.39 is 0 Å². The summed E-state index contributed by atoms with van der Waals surface area (Å²) in [4.78, 5) is 12.2. The summed E-state index contributed by atoms with van der Waals surface area (Å²) >= 11 is 1.79. The number of amides is 1. The fourth-order valence-corrected chi connectivity index (χ4v) is 3.84. The molecule has 1 heterocycles. The quantitative estimate of drug-likeness (QED) is 0.774. The molecule has 1 saturated heterocycles. The fourth-order valence-electron chi connectivity index (χ4n) is 2.62. The van der Waals surface area contributed by atoms with E-state index >= 15 is 0 Å². The van der Waals surface area contributed by atoms with Gasteiger partial charge in [0.1, 0.15) is 0 Å². The first-order valence-electron chi connectivity index (χ1n) is 6.32. The highest BCUT2D eigenvalue weighted by Crippen LogP contribution is 2.38. The van der Waals surface area contributed by atoms with Gasteiger partial charge in [-0.15, -0.1) is 11.8 Å². The Morgan fingerprint density at radius 3 is 2.75 bits per heavy atom. The molecule has 3 N–H and O–H groups in total. The van der Waals surface area contributed by atoms with Crippen LogP contribution in [0.3, 0.4) is 0 Å². The Bertz CT molecular complexity index is 264. The minimum Gasteiger partial charge on any atom is -0.351 e. The summed E-state index contributed by atoms with van der Waals surface area (Å²) in [6.45, 7) is 2.06. The first kappa shape index (κ1) is 12.2. The number of carbonyl (C=O) groups is 1. The number of rotatable bonds is 2. The summed E-state index contributed by atoms with van der Waals surface area (Å²) in [6.07, 6.45) is 6.67. The SMILES string of the molecule is CC1(C(=O)NC2CCCCC2N)CCCS1. The first-order chi connectivity index (χ1) is 7.62. The molecule has 2 rings (SSSR count). The summed E-state index contributed by atoms with van der Waals surface area (Å²) in [5.41, 5.74) is 6.05. The van der Waals surface area contributed by atoms with Crippen molar-refractivity contribution in [1.29, 1.82) is 0 Å². The molecular formula is C12H22N2OS. The molecule has 3 nitrogen and oxygen atoms in total. The molecule has 1 aliphatic carbocycles. The van der Waals surface area contributed by atoms with Gasteiger partial charge in [0.15, 0.2) is 0 Å². The van der Waals surface area contributed by atoms with E-state index in [4.69, 9.17) is 5.73 Å². The van der Waals surface area contributed by atoms with Gasteiger partial charge in [0, 0.05) is 12.1 Å². The molecule has 2 fully saturated rings. The lowest BCUT2D eigenvalue weighted by molar-refractivity contribution is -0.124. The number of nitrogens with two attached hydrogens (primary N) is 1. The molecule has 3 unspecified atom stereocenters. The highest BCUT2D eigenvalue weighted by Gasteiger charge is 2.38. The van der Waals surface area contributed by atoms with Crippen LogP contribution in [-0.4, -0.2) is 28.5 Å². The number of hydrogen-bond acceptors (Lipinski definition) is 3. The van der Waals surface area contributed by atoms with Crippen molar-refractivity contribution in [2.24, 2.45) is 5.73 Å². The van der Waals surface area contributed by atoms with E-state index in [1.807, 2.05) is 0 Å². The average molecular weight is 242 g/mol. The number of thioether (sulfide) groups is 1. The molecule has 1 amide bonds. The molecule has 1 saturated carbocycles. The highest BCUT2D eigenvalue weighted by atomic mass is 32.2. The van der Waals surface area contributed by atoms with Crippen molar-refractivity contribution in [3.8, 4) is 0 Å². The molecular weight excluding hydrogens is 220 g/mol. The number of nitrogens with one attached hydrogen (secondary N) is 1. The molecule has 16 heavy (non-hydrogen) atoms. The molecule has 4 heteroatoms. The predicted molar refractivity (Wildman–Crippen MR) is 68.5 cm³/mol. The monoisotopic (exact) mass is 242 g/mol. The van der Waals surface area contributed by atoms with Gasteiger partial charge in [0.05, 0.1) is 4.75 Å². The summed E-state index contributed by atoms with van der Waals surface area (Å²) in [5, 5.41) is 3.17. The van der Waals surface area contributed by atoms with Gasteiger partial charge in [-0.1, -0.05) is 12.8 Å². The van der Waals surface area contributed by atoms with Crippen LogP contribution in [0.15, 0.2) is 0 Å². The van der Waals surface area contributed by atoms with Crippen LogP contribution < -0.4 is 11.1 Å². The summed E-state index contributed by atoms with van der Waals surface area (Å²) in [7, 11) is 0. The Balaban J connectivity index is 1.90. The fraction of sp³-hybridized carbons (Fsp3) is 0.917. The summed E-state index contributed by atoms with van der Waals surface area (Å²) in [5.74, 6) is 1.32. The second-order valence-electron chi connectivity index (χ2n) is 5.21. The van der Waals surface area contributed by atoms with Gasteiger partial charge in [-0.3, -0.25) is 4.79 Å². The lowest BCUT2D eigenvalue weighted by Gasteiger charge is -2.32. The van der Waals surface area contributed by atoms with Gasteiger partial charge in [-0.05, 0) is 38.4 Å². The van der Waals surface area contributed by atoms with Crippen LogP contribution in [-0.2, 0) is 4.79 Å². The molecule has 3 atom stereocenters. The molecule has 0 bridgehead atoms. The minimum absolute atomic E-state index is 0.160. The topological polar surface area (TPSA) is 55.1 Å². The van der Waals surface area contributed by atoms with Crippen LogP contribution in [0.5, 0.6) is 0 Å². The van der Waals surface area contributed by atoms with Gasteiger partial charge in [0.25, 0.3) is 0 Å². The van der Waals surface area contributed by atoms with Crippen LogP contribution in [0.4, 0.5) is 0 Å². The third-order valence-corrected chi connectivity index (χ3v) is 5.35. The zero-order chi connectivity index (χ0) is 11.6. The van der Waals surface area contributed by atoms with E-state index in [0.717, 1.165) is 31.4 Å². The van der Waals surface area contributed by atoms with Crippen molar-refractivity contribution in [1.82, 2.24) is 5.32 Å². The van der Waals surface area contributed by atoms with Crippen molar-refractivity contribution < 1.29 is 4.79 Å². The number of carbonyl (C=O) groups excluding carboxylic acids is 1. The Kier molecular flexibility index (Phi) is 3.80. The van der Waals surface area contributed by atoms with Crippen molar-refractivity contribution >= 4 is 17.7 Å². The summed E-state index contributed by atoms with van der Waals surface area (Å²) < 4.78 is -0.197. The predicted octanol–water partition coefficient (Wildman–Crippen LogP) is 1.66. The largest absolute Gasteiger partial charge is 0.351 e. The first-order valence-corrected chi connectivity index (χ1v) is 7.31. The van der Waals surface area contributed by atoms with Gasteiger partial charge >= 0.3 is 0 Å². The highest BCUT2D eigenvalue weighted by molar-refractivity contribution is 8.01. The second kappa shape index (κ2) is 4.96. The lowest BCUT2D eigenvalue weighted by Crippen LogP contribution is -2.53. The maximum atomic E-state index is 12.2. The Morgan fingerprint density at radius 1 is 1.38 bits per heavy atom. The van der Waals surface area contributed by atoms with E-state index in [9.17, 15) is 4.79 Å². The van der Waals surface area contributed by atoms with Crippen molar-refractivity contribution in [3.63, 3.8) is 0 Å². The Hall–Kier alpha value is -0.220. The Labute approximate surface area is 102 Å². The molecule has 2 aliphatic rings. The lowest BCUT2D eigenvalue weighted by atomic mass is 9.90. The van der Waals surface area contributed by atoms with E-state index in [0.29, 0.717) is 0 Å². The standard InChI is InChI=1S/C12H22N2OS/c1-12(7-4-8-16-12)11(15)14-10-6-3-2-5-9(10)13/h9-10H,2-8,13H2,1H3,(H,14,15). The summed E-state index contributed by atoms with van der Waals surface area (Å²) in [6, 6.07) is 0.368. The van der Waals surface area contributed by atoms with Crippen LogP contribution in [0.1, 0.15) is 45.4 Å². The molecule has 0 aromatic rings. The maximum absolute atomic E-state index is 12.2. The number of hydrogen-bond donors (Lipinski definition) is 2. The van der Waals surface area contributed by atoms with E-state index in [-0.39, 0.29) is 22.7 Å². The molecule has 0 aromatic carbocycles. The van der Waals surface area contributed by atoms with E-state index in [2.05, 4.69) is 12.2 Å². The third kappa shape index (κ3) is 2.54. The van der Waals surface area contributed by atoms with Gasteiger partial charge in [-0.25, -0.2) is 0 Å². The molecule has 1 aliphatic heterocycles. The van der Waals surface area contributed by atoms with Crippen molar-refractivity contribution in [2.45, 2.75) is 62.3 Å². The molecule has 0 radical (unpaired) electrons. The zero-order valence-corrected chi connectivity index (χ0v) is 10.8. The van der Waals surface area contributed by atoms with Crippen molar-refractivity contribution in [3.05, 3.63) is 0 Å².